The minimum atomic E-state index is -0.257. The highest BCUT2D eigenvalue weighted by Gasteiger charge is 2.32. The smallest absolute Gasteiger partial charge is 0.261 e. The van der Waals surface area contributed by atoms with E-state index in [4.69, 9.17) is 9.26 Å². The summed E-state index contributed by atoms with van der Waals surface area (Å²) in [6.45, 7) is 0.835. The van der Waals surface area contributed by atoms with Crippen molar-refractivity contribution in [2.75, 3.05) is 30.3 Å². The number of likely N-dealkylation sites (tertiary alicyclic amines) is 1. The summed E-state index contributed by atoms with van der Waals surface area (Å²) in [7, 11) is 0. The third kappa shape index (κ3) is 4.14. The van der Waals surface area contributed by atoms with E-state index in [0.717, 1.165) is 24.9 Å². The quantitative estimate of drug-likeness (QED) is 0.636. The maximum atomic E-state index is 12.9. The summed E-state index contributed by atoms with van der Waals surface area (Å²) in [6, 6.07) is 14.5. The zero-order chi connectivity index (χ0) is 21.9. The maximum Gasteiger partial charge on any atom is 0.261 e. The molecule has 0 radical (unpaired) electrons. The van der Waals surface area contributed by atoms with E-state index >= 15 is 0 Å². The Labute approximate surface area is 184 Å². The minimum Gasteiger partial charge on any atom is -0.484 e. The van der Waals surface area contributed by atoms with Crippen molar-refractivity contribution in [2.24, 2.45) is 0 Å². The van der Waals surface area contributed by atoms with Gasteiger partial charge in [-0.25, -0.2) is 0 Å². The predicted octanol–water partition coefficient (Wildman–Crippen LogP) is 3.23. The fourth-order valence-corrected chi connectivity index (χ4v) is 4.04. The van der Waals surface area contributed by atoms with Gasteiger partial charge in [-0.15, -0.1) is 0 Å². The molecule has 0 aliphatic carbocycles. The lowest BCUT2D eigenvalue weighted by molar-refractivity contribution is -0.137. The number of amides is 2. The number of carbonyl (C=O) groups excluding carboxylic acids is 2. The Hall–Kier alpha value is -3.88. The average Bonchev–Trinajstić information content (AvgIpc) is 3.33. The molecule has 1 aromatic heterocycles. The number of hydrogen-bond acceptors (Lipinski definition) is 7. The van der Waals surface area contributed by atoms with Crippen LogP contribution in [-0.4, -0.2) is 46.6 Å². The van der Waals surface area contributed by atoms with Crippen LogP contribution in [0, 0.1) is 0 Å². The van der Waals surface area contributed by atoms with Gasteiger partial charge in [0, 0.05) is 12.1 Å². The molecule has 5 rings (SSSR count). The van der Waals surface area contributed by atoms with Crippen LogP contribution in [0.4, 0.5) is 11.4 Å². The molecule has 2 N–H and O–H groups in total. The van der Waals surface area contributed by atoms with E-state index in [9.17, 15) is 9.59 Å². The molecule has 1 fully saturated rings. The minimum absolute atomic E-state index is 0.0389. The normalized spacial score (nSPS) is 17.8. The molecule has 2 aliphatic heterocycles. The lowest BCUT2D eigenvalue weighted by Crippen LogP contribution is -2.41. The summed E-state index contributed by atoms with van der Waals surface area (Å²) in [4.78, 5) is 30.9. The second kappa shape index (κ2) is 8.70. The van der Waals surface area contributed by atoms with E-state index < -0.39 is 0 Å². The molecule has 1 saturated heterocycles. The van der Waals surface area contributed by atoms with Gasteiger partial charge < -0.3 is 24.8 Å². The summed E-state index contributed by atoms with van der Waals surface area (Å²) in [6.07, 6.45) is 2.67. The molecule has 9 nitrogen and oxygen atoms in total. The number of piperidine rings is 1. The van der Waals surface area contributed by atoms with Crippen molar-refractivity contribution in [1.82, 2.24) is 15.0 Å². The molecular weight excluding hydrogens is 410 g/mol. The van der Waals surface area contributed by atoms with Crippen molar-refractivity contribution in [2.45, 2.75) is 25.3 Å². The summed E-state index contributed by atoms with van der Waals surface area (Å²) in [5.41, 5.74) is 2.22. The molecule has 3 heterocycles. The van der Waals surface area contributed by atoms with Crippen molar-refractivity contribution >= 4 is 23.2 Å². The molecule has 9 heteroatoms. The number of nitrogens with zero attached hydrogens (tertiary/aromatic N) is 3. The van der Waals surface area contributed by atoms with E-state index in [1.807, 2.05) is 42.5 Å². The van der Waals surface area contributed by atoms with Crippen LogP contribution in [0.5, 0.6) is 5.75 Å². The fraction of sp³-hybridized carbons (Fsp3) is 0.304. The zero-order valence-corrected chi connectivity index (χ0v) is 17.4. The van der Waals surface area contributed by atoms with Gasteiger partial charge in [0.05, 0.1) is 24.0 Å². The highest BCUT2D eigenvalue weighted by atomic mass is 16.5. The molecule has 2 aromatic carbocycles. The second-order valence-corrected chi connectivity index (χ2v) is 7.82. The van der Waals surface area contributed by atoms with Crippen molar-refractivity contribution in [1.29, 1.82) is 0 Å². The van der Waals surface area contributed by atoms with Gasteiger partial charge in [-0.3, -0.25) is 9.59 Å². The summed E-state index contributed by atoms with van der Waals surface area (Å²) < 4.78 is 11.2. The standard InChI is InChI=1S/C23H23N5O4/c29-20-13-24-17-10-9-15(12-18(17)25-20)23-26-22(27-32-23)19-8-4-5-11-28(19)21(30)14-31-16-6-2-1-3-7-16/h1-3,6-7,9-10,12,19,24H,4-5,8,11,13-14H2,(H,25,29)/t19-/m1/s1. The number of ether oxygens (including phenoxy) is 1. The van der Waals surface area contributed by atoms with Gasteiger partial charge in [-0.1, -0.05) is 23.4 Å². The number of rotatable bonds is 5. The summed E-state index contributed by atoms with van der Waals surface area (Å²) in [5.74, 6) is 1.28. The average molecular weight is 433 g/mol. The van der Waals surface area contributed by atoms with Crippen LogP contribution in [0.2, 0.25) is 0 Å². The van der Waals surface area contributed by atoms with Crippen LogP contribution in [-0.2, 0) is 9.59 Å². The van der Waals surface area contributed by atoms with Gasteiger partial charge in [-0.05, 0) is 49.6 Å². The Morgan fingerprint density at radius 2 is 2.03 bits per heavy atom. The van der Waals surface area contributed by atoms with Gasteiger partial charge in [0.15, 0.2) is 12.4 Å². The van der Waals surface area contributed by atoms with Gasteiger partial charge in [0.1, 0.15) is 5.75 Å². The lowest BCUT2D eigenvalue weighted by Gasteiger charge is -2.33. The number of aromatic nitrogens is 2. The molecule has 2 amide bonds. The van der Waals surface area contributed by atoms with Crippen LogP contribution in [0.15, 0.2) is 53.1 Å². The largest absolute Gasteiger partial charge is 0.484 e. The molecule has 164 valence electrons. The van der Waals surface area contributed by atoms with E-state index in [1.54, 1.807) is 11.0 Å². The zero-order valence-electron chi connectivity index (χ0n) is 17.4. The Kier molecular flexibility index (Phi) is 5.45. The van der Waals surface area contributed by atoms with E-state index in [1.165, 1.54) is 0 Å². The van der Waals surface area contributed by atoms with Crippen molar-refractivity contribution in [3.8, 4) is 17.2 Å². The maximum absolute atomic E-state index is 12.9. The molecule has 0 spiro atoms. The fourth-order valence-electron chi connectivity index (χ4n) is 4.04. The molecule has 2 aliphatic rings. The van der Waals surface area contributed by atoms with Crippen molar-refractivity contribution < 1.29 is 18.8 Å². The molecule has 32 heavy (non-hydrogen) atoms. The van der Waals surface area contributed by atoms with Crippen LogP contribution >= 0.6 is 0 Å². The molecule has 0 unspecified atom stereocenters. The van der Waals surface area contributed by atoms with Gasteiger partial charge in [-0.2, -0.15) is 4.98 Å². The first kappa shape index (κ1) is 20.0. The van der Waals surface area contributed by atoms with Crippen LogP contribution in [0.3, 0.4) is 0 Å². The Balaban J connectivity index is 1.32. The van der Waals surface area contributed by atoms with E-state index in [0.29, 0.717) is 35.3 Å². The Bertz CT molecular complexity index is 1130. The topological polar surface area (TPSA) is 110 Å². The van der Waals surface area contributed by atoms with Crippen molar-refractivity contribution in [3.05, 3.63) is 54.4 Å². The highest BCUT2D eigenvalue weighted by Crippen LogP contribution is 2.33. The monoisotopic (exact) mass is 433 g/mol. The third-order valence-electron chi connectivity index (χ3n) is 5.65. The molecule has 3 aromatic rings. The van der Waals surface area contributed by atoms with E-state index in [-0.39, 0.29) is 31.0 Å². The van der Waals surface area contributed by atoms with Crippen LogP contribution < -0.4 is 15.4 Å². The number of para-hydroxylation sites is 1. The highest BCUT2D eigenvalue weighted by molar-refractivity contribution is 6.01. The first-order valence-corrected chi connectivity index (χ1v) is 10.7. The predicted molar refractivity (Wildman–Crippen MR) is 117 cm³/mol. The van der Waals surface area contributed by atoms with Gasteiger partial charge in [0.2, 0.25) is 5.91 Å². The number of hydrogen-bond donors (Lipinski definition) is 2. The Morgan fingerprint density at radius 3 is 2.91 bits per heavy atom. The SMILES string of the molecule is O=C1CNc2ccc(-c3nc([C@H]4CCCCN4C(=O)COc4ccccc4)no3)cc2N1. The number of nitrogens with one attached hydrogen (secondary N) is 2. The summed E-state index contributed by atoms with van der Waals surface area (Å²) in [5, 5.41) is 10.1. The molecule has 0 bridgehead atoms. The van der Waals surface area contributed by atoms with Crippen LogP contribution in [0.25, 0.3) is 11.5 Å². The number of anilines is 2. The second-order valence-electron chi connectivity index (χ2n) is 7.82. The number of fused-ring (bicyclic) bond motifs is 1. The Morgan fingerprint density at radius 1 is 1.16 bits per heavy atom. The molecule has 0 saturated carbocycles. The van der Waals surface area contributed by atoms with E-state index in [2.05, 4.69) is 20.8 Å². The lowest BCUT2D eigenvalue weighted by atomic mass is 10.0. The van der Waals surface area contributed by atoms with Gasteiger partial charge in [0.25, 0.3) is 11.8 Å². The number of carbonyl (C=O) groups is 2. The van der Waals surface area contributed by atoms with Crippen molar-refractivity contribution in [3.63, 3.8) is 0 Å². The molecule has 1 atom stereocenters. The number of benzene rings is 2. The first-order chi connectivity index (χ1) is 15.7. The van der Waals surface area contributed by atoms with Crippen LogP contribution in [0.1, 0.15) is 31.1 Å². The molecular formula is C23H23N5O4. The third-order valence-corrected chi connectivity index (χ3v) is 5.65. The van der Waals surface area contributed by atoms with Gasteiger partial charge >= 0.3 is 0 Å². The first-order valence-electron chi connectivity index (χ1n) is 10.7. The summed E-state index contributed by atoms with van der Waals surface area (Å²) >= 11 is 0.